The lowest BCUT2D eigenvalue weighted by atomic mass is 10.0. The van der Waals surface area contributed by atoms with Crippen LogP contribution in [0.15, 0.2) is 35.4 Å². The van der Waals surface area contributed by atoms with E-state index in [0.717, 1.165) is 16.6 Å². The van der Waals surface area contributed by atoms with Crippen LogP contribution in [0.25, 0.3) is 0 Å². The number of nitrogens with zero attached hydrogens (tertiary/aromatic N) is 1. The van der Waals surface area contributed by atoms with E-state index in [4.69, 9.17) is 5.11 Å². The highest BCUT2D eigenvalue weighted by Gasteiger charge is 2.32. The summed E-state index contributed by atoms with van der Waals surface area (Å²) in [6.07, 6.45) is 2.28. The molecule has 2 heterocycles. The third kappa shape index (κ3) is 2.25. The number of aryl methyl sites for hydroxylation is 1. The van der Waals surface area contributed by atoms with Gasteiger partial charge in [-0.25, -0.2) is 17.6 Å². The van der Waals surface area contributed by atoms with Gasteiger partial charge in [-0.2, -0.15) is 0 Å². The van der Waals surface area contributed by atoms with Crippen molar-refractivity contribution < 1.29 is 22.7 Å². The standard InChI is InChI=1S/C14H13FN2O4S/c15-11-5-1-3-9-4-2-6-17(13(9)11)22(20,21)10-7-12(14(18)19)16-8-10/h1,3,5,7-8,16H,2,4,6H2,(H,18,19). The summed E-state index contributed by atoms with van der Waals surface area (Å²) < 4.78 is 40.5. The van der Waals surface area contributed by atoms with Gasteiger partial charge in [-0.05, 0) is 30.5 Å². The molecule has 1 aliphatic rings. The molecule has 1 aromatic carbocycles. The number of carboxylic acid groups (broad SMARTS) is 1. The summed E-state index contributed by atoms with van der Waals surface area (Å²) in [5.41, 5.74) is 0.444. The second-order valence-electron chi connectivity index (χ2n) is 4.98. The number of hydrogen-bond donors (Lipinski definition) is 2. The van der Waals surface area contributed by atoms with E-state index in [2.05, 4.69) is 4.98 Å². The molecule has 0 atom stereocenters. The number of para-hydroxylation sites is 1. The van der Waals surface area contributed by atoms with E-state index in [1.165, 1.54) is 6.07 Å². The first kappa shape index (κ1) is 14.6. The van der Waals surface area contributed by atoms with Crippen LogP contribution in [0.2, 0.25) is 0 Å². The van der Waals surface area contributed by atoms with Crippen molar-refractivity contribution in [3.63, 3.8) is 0 Å². The predicted molar refractivity (Wildman–Crippen MR) is 77.0 cm³/mol. The van der Waals surface area contributed by atoms with Gasteiger partial charge in [-0.3, -0.25) is 4.31 Å². The summed E-state index contributed by atoms with van der Waals surface area (Å²) in [6, 6.07) is 5.49. The fourth-order valence-corrected chi connectivity index (χ4v) is 4.12. The SMILES string of the molecule is O=C(O)c1cc(S(=O)(=O)N2CCCc3cccc(F)c32)c[nH]1. The average molecular weight is 324 g/mol. The van der Waals surface area contributed by atoms with Crippen LogP contribution in [0.5, 0.6) is 0 Å². The van der Waals surface area contributed by atoms with Crippen LogP contribution in [-0.2, 0) is 16.4 Å². The number of H-pyrrole nitrogens is 1. The van der Waals surface area contributed by atoms with Crippen LogP contribution in [-0.4, -0.2) is 31.0 Å². The lowest BCUT2D eigenvalue weighted by Gasteiger charge is -2.30. The molecule has 116 valence electrons. The predicted octanol–water partition coefficient (Wildman–Crippen LogP) is 1.99. The number of hydrogen-bond acceptors (Lipinski definition) is 3. The third-order valence-corrected chi connectivity index (χ3v) is 5.38. The third-order valence-electron chi connectivity index (χ3n) is 3.60. The first-order valence-corrected chi connectivity index (χ1v) is 8.07. The van der Waals surface area contributed by atoms with Gasteiger partial charge in [0.15, 0.2) is 0 Å². The minimum absolute atomic E-state index is 0.0480. The Labute approximate surface area is 126 Å². The first-order valence-electron chi connectivity index (χ1n) is 6.63. The number of fused-ring (bicyclic) bond motifs is 1. The zero-order chi connectivity index (χ0) is 15.9. The molecule has 2 N–H and O–H groups in total. The summed E-state index contributed by atoms with van der Waals surface area (Å²) in [6.45, 7) is 0.157. The maximum Gasteiger partial charge on any atom is 0.352 e. The molecule has 0 fully saturated rings. The number of aromatic amines is 1. The van der Waals surface area contributed by atoms with Gasteiger partial charge in [-0.15, -0.1) is 0 Å². The van der Waals surface area contributed by atoms with Gasteiger partial charge in [0.05, 0.1) is 5.69 Å². The Bertz CT molecular complexity index is 844. The summed E-state index contributed by atoms with van der Waals surface area (Å²) in [7, 11) is -4.01. The molecule has 22 heavy (non-hydrogen) atoms. The zero-order valence-corrected chi connectivity index (χ0v) is 12.2. The fraction of sp³-hybridized carbons (Fsp3) is 0.214. The lowest BCUT2D eigenvalue weighted by molar-refractivity contribution is 0.0691. The Hall–Kier alpha value is -2.35. The van der Waals surface area contributed by atoms with Crippen molar-refractivity contribution >= 4 is 21.7 Å². The highest BCUT2D eigenvalue weighted by molar-refractivity contribution is 7.92. The molecule has 0 radical (unpaired) electrons. The monoisotopic (exact) mass is 324 g/mol. The van der Waals surface area contributed by atoms with Crippen LogP contribution in [0, 0.1) is 5.82 Å². The smallest absolute Gasteiger partial charge is 0.352 e. The number of aromatic carboxylic acids is 1. The van der Waals surface area contributed by atoms with Gasteiger partial charge >= 0.3 is 5.97 Å². The van der Waals surface area contributed by atoms with Crippen molar-refractivity contribution in [1.29, 1.82) is 0 Å². The summed E-state index contributed by atoms with van der Waals surface area (Å²) >= 11 is 0. The van der Waals surface area contributed by atoms with E-state index in [9.17, 15) is 17.6 Å². The number of nitrogens with one attached hydrogen (secondary N) is 1. The van der Waals surface area contributed by atoms with Gasteiger partial charge in [0.25, 0.3) is 10.0 Å². The number of carboxylic acids is 1. The number of benzene rings is 1. The summed E-state index contributed by atoms with van der Waals surface area (Å²) in [4.78, 5) is 13.1. The average Bonchev–Trinajstić information content (AvgIpc) is 2.98. The normalized spacial score (nSPS) is 14.7. The van der Waals surface area contributed by atoms with Crippen molar-refractivity contribution in [2.75, 3.05) is 10.8 Å². The van der Waals surface area contributed by atoms with E-state index >= 15 is 0 Å². The molecule has 3 rings (SSSR count). The topological polar surface area (TPSA) is 90.5 Å². The van der Waals surface area contributed by atoms with E-state index in [1.807, 2.05) is 0 Å². The molecule has 1 aromatic heterocycles. The van der Waals surface area contributed by atoms with Gasteiger partial charge in [-0.1, -0.05) is 12.1 Å². The lowest BCUT2D eigenvalue weighted by Crippen LogP contribution is -2.36. The summed E-state index contributed by atoms with van der Waals surface area (Å²) in [5.74, 6) is -1.86. The quantitative estimate of drug-likeness (QED) is 0.903. The Morgan fingerprint density at radius 3 is 2.82 bits per heavy atom. The van der Waals surface area contributed by atoms with Crippen molar-refractivity contribution in [3.8, 4) is 0 Å². The van der Waals surface area contributed by atoms with Crippen molar-refractivity contribution in [1.82, 2.24) is 4.98 Å². The summed E-state index contributed by atoms with van der Waals surface area (Å²) in [5, 5.41) is 8.88. The highest BCUT2D eigenvalue weighted by atomic mass is 32.2. The molecule has 0 aliphatic carbocycles. The van der Waals surface area contributed by atoms with Crippen LogP contribution >= 0.6 is 0 Å². The Morgan fingerprint density at radius 2 is 2.14 bits per heavy atom. The second kappa shape index (κ2) is 5.13. The molecule has 8 heteroatoms. The molecule has 0 spiro atoms. The largest absolute Gasteiger partial charge is 0.477 e. The molecule has 0 saturated carbocycles. The Morgan fingerprint density at radius 1 is 1.36 bits per heavy atom. The van der Waals surface area contributed by atoms with E-state index < -0.39 is 21.8 Å². The van der Waals surface area contributed by atoms with E-state index in [1.54, 1.807) is 12.1 Å². The molecular formula is C14H13FN2O4S. The number of rotatable bonds is 3. The van der Waals surface area contributed by atoms with Gasteiger partial charge in [0.1, 0.15) is 16.4 Å². The maximum atomic E-state index is 14.1. The van der Waals surface area contributed by atoms with Gasteiger partial charge in [0, 0.05) is 12.7 Å². The number of anilines is 1. The first-order chi connectivity index (χ1) is 10.4. The molecule has 6 nitrogen and oxygen atoms in total. The maximum absolute atomic E-state index is 14.1. The molecule has 0 bridgehead atoms. The molecule has 0 unspecified atom stereocenters. The van der Waals surface area contributed by atoms with Gasteiger partial charge < -0.3 is 10.1 Å². The van der Waals surface area contributed by atoms with Crippen LogP contribution in [0.1, 0.15) is 22.5 Å². The van der Waals surface area contributed by atoms with E-state index in [-0.39, 0.29) is 22.8 Å². The minimum Gasteiger partial charge on any atom is -0.477 e. The van der Waals surface area contributed by atoms with Crippen LogP contribution in [0.3, 0.4) is 0 Å². The van der Waals surface area contributed by atoms with E-state index in [0.29, 0.717) is 18.4 Å². The fourth-order valence-electron chi connectivity index (χ4n) is 2.58. The molecule has 2 aromatic rings. The number of carbonyl (C=O) groups is 1. The van der Waals surface area contributed by atoms with Crippen molar-refractivity contribution in [3.05, 3.63) is 47.5 Å². The molecule has 0 saturated heterocycles. The van der Waals surface area contributed by atoms with Gasteiger partial charge in [0.2, 0.25) is 0 Å². The molecule has 1 aliphatic heterocycles. The number of aromatic nitrogens is 1. The molecular weight excluding hydrogens is 311 g/mol. The number of sulfonamides is 1. The Kier molecular flexibility index (Phi) is 3.40. The second-order valence-corrected chi connectivity index (χ2v) is 6.84. The molecule has 0 amide bonds. The minimum atomic E-state index is -4.01. The highest BCUT2D eigenvalue weighted by Crippen LogP contribution is 2.34. The van der Waals surface area contributed by atoms with Crippen molar-refractivity contribution in [2.24, 2.45) is 0 Å². The Balaban J connectivity index is 2.09. The number of halogens is 1. The van der Waals surface area contributed by atoms with Crippen LogP contribution in [0.4, 0.5) is 10.1 Å². The van der Waals surface area contributed by atoms with Crippen LogP contribution < -0.4 is 4.31 Å². The zero-order valence-electron chi connectivity index (χ0n) is 11.4. The van der Waals surface area contributed by atoms with Crippen molar-refractivity contribution in [2.45, 2.75) is 17.7 Å².